The zero-order chi connectivity index (χ0) is 25.1. The summed E-state index contributed by atoms with van der Waals surface area (Å²) in [6.45, 7) is 16.5. The zero-order valence-corrected chi connectivity index (χ0v) is 21.9. The first-order valence-electron chi connectivity index (χ1n) is 12.0. The molecule has 4 rings (SSSR count). The van der Waals surface area contributed by atoms with Crippen molar-refractivity contribution in [2.45, 2.75) is 32.7 Å². The summed E-state index contributed by atoms with van der Waals surface area (Å²) in [6, 6.07) is 2.32. The van der Waals surface area contributed by atoms with Gasteiger partial charge in [-0.2, -0.15) is 4.98 Å². The molecule has 35 heavy (non-hydrogen) atoms. The lowest BCUT2D eigenvalue weighted by Crippen LogP contribution is -2.45. The second-order valence-electron chi connectivity index (χ2n) is 9.35. The molecule has 0 radical (unpaired) electrons. The number of hydrogen-bond donors (Lipinski definition) is 2. The monoisotopic (exact) mass is 494 g/mol. The highest BCUT2D eigenvalue weighted by Crippen LogP contribution is 2.38. The Bertz CT molecular complexity index is 1130. The predicted molar refractivity (Wildman–Crippen MR) is 146 cm³/mol. The van der Waals surface area contributed by atoms with Gasteiger partial charge in [-0.3, -0.25) is 0 Å². The van der Waals surface area contributed by atoms with E-state index in [2.05, 4.69) is 76.5 Å². The Morgan fingerprint density at radius 2 is 1.91 bits per heavy atom. The topological polar surface area (TPSA) is 72.5 Å². The van der Waals surface area contributed by atoms with E-state index >= 15 is 0 Å². The van der Waals surface area contributed by atoms with Crippen molar-refractivity contribution in [2.24, 2.45) is 0 Å². The highest BCUT2D eigenvalue weighted by Gasteiger charge is 2.26. The number of rotatable bonds is 8. The molecule has 0 aromatic carbocycles. The SMILES string of the molecule is C=C(CCC1=Cc2cc(Nc3nc(N4CCN(C)CC4)ncc3Cl)cnc2N(C(C)C)C1=C)NC. The molecule has 2 N–H and O–H groups in total. The Balaban J connectivity index is 1.61. The average molecular weight is 495 g/mol. The molecule has 0 bridgehead atoms. The molecule has 0 saturated carbocycles. The third-order valence-electron chi connectivity index (χ3n) is 6.46. The standard InChI is InChI=1S/C26H35ClN8/c1-17(2)35-19(4)20(8-7-18(3)28-5)13-21-14-22(15-29-25(21)35)31-24-23(27)16-30-26(32-24)34-11-9-33(6)10-12-34/h13-17,28H,3-4,7-12H2,1-2,5-6H3,(H,30,31,32). The highest BCUT2D eigenvalue weighted by molar-refractivity contribution is 6.32. The van der Waals surface area contributed by atoms with Gasteiger partial charge in [-0.1, -0.05) is 24.8 Å². The summed E-state index contributed by atoms with van der Waals surface area (Å²) < 4.78 is 0. The quantitative estimate of drug-likeness (QED) is 0.549. The maximum absolute atomic E-state index is 6.46. The van der Waals surface area contributed by atoms with Gasteiger partial charge in [0.15, 0.2) is 5.82 Å². The lowest BCUT2D eigenvalue weighted by molar-refractivity contribution is 0.311. The third-order valence-corrected chi connectivity index (χ3v) is 6.74. The summed E-state index contributed by atoms with van der Waals surface area (Å²) >= 11 is 6.46. The molecule has 1 fully saturated rings. The molecular formula is C26H35ClN8. The van der Waals surface area contributed by atoms with Crippen molar-refractivity contribution in [2.75, 3.05) is 55.4 Å². The summed E-state index contributed by atoms with van der Waals surface area (Å²) in [7, 11) is 4.03. The Labute approximate surface area is 213 Å². The van der Waals surface area contributed by atoms with Gasteiger partial charge in [-0.25, -0.2) is 9.97 Å². The largest absolute Gasteiger partial charge is 0.392 e. The molecule has 2 aliphatic heterocycles. The van der Waals surface area contributed by atoms with Crippen LogP contribution in [0.3, 0.4) is 0 Å². The van der Waals surface area contributed by atoms with Crippen LogP contribution in [0.5, 0.6) is 0 Å². The molecule has 2 aromatic heterocycles. The minimum absolute atomic E-state index is 0.228. The number of piperazine rings is 1. The number of hydrogen-bond acceptors (Lipinski definition) is 8. The van der Waals surface area contributed by atoms with Crippen molar-refractivity contribution < 1.29 is 0 Å². The Kier molecular flexibility index (Phi) is 7.62. The lowest BCUT2D eigenvalue weighted by atomic mass is 9.97. The van der Waals surface area contributed by atoms with E-state index in [0.29, 0.717) is 16.8 Å². The Hall–Kier alpha value is -3.10. The van der Waals surface area contributed by atoms with E-state index in [-0.39, 0.29) is 6.04 Å². The van der Waals surface area contributed by atoms with Crippen molar-refractivity contribution in [1.29, 1.82) is 0 Å². The van der Waals surface area contributed by atoms with Crippen LogP contribution in [0.15, 0.2) is 48.6 Å². The Morgan fingerprint density at radius 3 is 2.60 bits per heavy atom. The molecule has 0 aliphatic carbocycles. The fourth-order valence-corrected chi connectivity index (χ4v) is 4.47. The number of anilines is 4. The normalized spacial score (nSPS) is 16.3. The van der Waals surface area contributed by atoms with E-state index in [9.17, 15) is 0 Å². The van der Waals surface area contributed by atoms with E-state index in [4.69, 9.17) is 21.6 Å². The van der Waals surface area contributed by atoms with E-state index < -0.39 is 0 Å². The van der Waals surface area contributed by atoms with E-state index in [1.165, 1.54) is 5.57 Å². The van der Waals surface area contributed by atoms with Crippen LogP contribution in [0.2, 0.25) is 5.02 Å². The molecule has 0 atom stereocenters. The molecule has 8 nitrogen and oxygen atoms in total. The van der Waals surface area contributed by atoms with Crippen LogP contribution in [0.4, 0.5) is 23.3 Å². The van der Waals surface area contributed by atoms with Crippen LogP contribution in [0, 0.1) is 0 Å². The Morgan fingerprint density at radius 1 is 1.17 bits per heavy atom. The van der Waals surface area contributed by atoms with Crippen LogP contribution in [0.1, 0.15) is 32.3 Å². The van der Waals surface area contributed by atoms with Crippen molar-refractivity contribution in [3.05, 3.63) is 59.2 Å². The summed E-state index contributed by atoms with van der Waals surface area (Å²) in [6.07, 6.45) is 7.35. The van der Waals surface area contributed by atoms with Crippen LogP contribution in [0.25, 0.3) is 6.08 Å². The third kappa shape index (κ3) is 5.60. The number of fused-ring (bicyclic) bond motifs is 1. The maximum Gasteiger partial charge on any atom is 0.227 e. The average Bonchev–Trinajstić information content (AvgIpc) is 2.84. The molecule has 9 heteroatoms. The molecule has 2 aliphatic rings. The number of pyridine rings is 1. The molecule has 0 amide bonds. The van der Waals surface area contributed by atoms with E-state index in [0.717, 1.165) is 67.5 Å². The second-order valence-corrected chi connectivity index (χ2v) is 9.76. The highest BCUT2D eigenvalue weighted by atomic mass is 35.5. The van der Waals surface area contributed by atoms with Crippen LogP contribution in [-0.4, -0.2) is 66.2 Å². The van der Waals surface area contributed by atoms with Gasteiger partial charge in [-0.05, 0) is 51.5 Å². The first-order chi connectivity index (χ1) is 16.8. The fraction of sp³-hybridized carbons (Fsp3) is 0.423. The summed E-state index contributed by atoms with van der Waals surface area (Å²) in [5, 5.41) is 6.96. The molecule has 4 heterocycles. The number of nitrogens with zero attached hydrogens (tertiary/aromatic N) is 6. The summed E-state index contributed by atoms with van der Waals surface area (Å²) in [5.74, 6) is 2.16. The number of allylic oxidation sites excluding steroid dienone is 2. The van der Waals surface area contributed by atoms with E-state index in [1.54, 1.807) is 6.20 Å². The lowest BCUT2D eigenvalue weighted by Gasteiger charge is -2.35. The minimum atomic E-state index is 0.228. The van der Waals surface area contributed by atoms with Gasteiger partial charge < -0.3 is 25.3 Å². The van der Waals surface area contributed by atoms with Gasteiger partial charge in [0, 0.05) is 56.2 Å². The molecule has 1 saturated heterocycles. The summed E-state index contributed by atoms with van der Waals surface area (Å²) in [4.78, 5) is 20.7. The smallest absolute Gasteiger partial charge is 0.227 e. The molecular weight excluding hydrogens is 460 g/mol. The molecule has 186 valence electrons. The van der Waals surface area contributed by atoms with Crippen molar-refractivity contribution in [3.8, 4) is 0 Å². The van der Waals surface area contributed by atoms with Gasteiger partial charge in [0.25, 0.3) is 0 Å². The van der Waals surface area contributed by atoms with Crippen molar-refractivity contribution in [3.63, 3.8) is 0 Å². The van der Waals surface area contributed by atoms with Crippen LogP contribution >= 0.6 is 11.6 Å². The van der Waals surface area contributed by atoms with Crippen LogP contribution in [-0.2, 0) is 0 Å². The predicted octanol–water partition coefficient (Wildman–Crippen LogP) is 4.66. The summed E-state index contributed by atoms with van der Waals surface area (Å²) in [5.41, 5.74) is 5.02. The molecule has 0 unspecified atom stereocenters. The molecule has 0 spiro atoms. The number of likely N-dealkylation sites (N-methyl/N-ethyl adjacent to an activating group) is 1. The van der Waals surface area contributed by atoms with Gasteiger partial charge in [0.1, 0.15) is 10.8 Å². The fourth-order valence-electron chi connectivity index (χ4n) is 4.33. The minimum Gasteiger partial charge on any atom is -0.392 e. The first-order valence-corrected chi connectivity index (χ1v) is 12.4. The number of aromatic nitrogens is 3. The van der Waals surface area contributed by atoms with Crippen molar-refractivity contribution >= 4 is 40.9 Å². The van der Waals surface area contributed by atoms with Crippen molar-refractivity contribution in [1.82, 2.24) is 25.2 Å². The van der Waals surface area contributed by atoms with Gasteiger partial charge in [-0.15, -0.1) is 0 Å². The zero-order valence-electron chi connectivity index (χ0n) is 21.1. The number of nitrogens with one attached hydrogen (secondary N) is 2. The first kappa shape index (κ1) is 25.0. The van der Waals surface area contributed by atoms with Gasteiger partial charge in [0.05, 0.1) is 18.1 Å². The van der Waals surface area contributed by atoms with Gasteiger partial charge >= 0.3 is 0 Å². The van der Waals surface area contributed by atoms with E-state index in [1.807, 2.05) is 13.2 Å². The maximum atomic E-state index is 6.46. The molecule has 2 aromatic rings. The van der Waals surface area contributed by atoms with Gasteiger partial charge in [0.2, 0.25) is 5.95 Å². The van der Waals surface area contributed by atoms with Crippen LogP contribution < -0.4 is 20.4 Å². The second kappa shape index (κ2) is 10.7. The number of halogens is 1.